The van der Waals surface area contributed by atoms with Crippen molar-refractivity contribution in [3.05, 3.63) is 33.8 Å². The summed E-state index contributed by atoms with van der Waals surface area (Å²) in [7, 11) is 0. The van der Waals surface area contributed by atoms with E-state index in [1.165, 1.54) is 19.3 Å². The van der Waals surface area contributed by atoms with Gasteiger partial charge in [-0.15, -0.1) is 0 Å². The van der Waals surface area contributed by atoms with Crippen molar-refractivity contribution in [3.8, 4) is 0 Å². The highest BCUT2D eigenvalue weighted by Crippen LogP contribution is 2.51. The molecule has 0 heterocycles. The lowest BCUT2D eigenvalue weighted by Crippen LogP contribution is -2.19. The Morgan fingerprint density at radius 1 is 1.19 bits per heavy atom. The van der Waals surface area contributed by atoms with Gasteiger partial charge in [0.1, 0.15) is 0 Å². The molecule has 3 heteroatoms. The molecule has 2 aliphatic rings. The zero-order valence-corrected chi connectivity index (χ0v) is 10.6. The molecule has 0 amide bonds. The fourth-order valence-corrected chi connectivity index (χ4v) is 2.97. The fourth-order valence-electron chi connectivity index (χ4n) is 2.30. The van der Waals surface area contributed by atoms with Crippen LogP contribution in [0.2, 0.25) is 10.0 Å². The van der Waals surface area contributed by atoms with E-state index in [1.807, 2.05) is 18.2 Å². The minimum atomic E-state index is 0.576. The van der Waals surface area contributed by atoms with Gasteiger partial charge in [0.15, 0.2) is 0 Å². The van der Waals surface area contributed by atoms with Crippen LogP contribution in [-0.4, -0.2) is 12.6 Å². The van der Waals surface area contributed by atoms with Gasteiger partial charge < -0.3 is 5.32 Å². The summed E-state index contributed by atoms with van der Waals surface area (Å²) in [5, 5.41) is 5.22. The first kappa shape index (κ1) is 10.9. The molecule has 2 aliphatic carbocycles. The Balaban J connectivity index is 1.65. The van der Waals surface area contributed by atoms with Crippen LogP contribution in [0.3, 0.4) is 0 Å². The number of benzene rings is 1. The summed E-state index contributed by atoms with van der Waals surface area (Å²) < 4.78 is 0. The molecule has 1 aromatic carbocycles. The van der Waals surface area contributed by atoms with Crippen LogP contribution in [0.25, 0.3) is 0 Å². The minimum absolute atomic E-state index is 0.576. The summed E-state index contributed by atoms with van der Waals surface area (Å²) in [4.78, 5) is 0. The first-order valence-electron chi connectivity index (χ1n) is 5.93. The summed E-state index contributed by atoms with van der Waals surface area (Å²) >= 11 is 12.4. The largest absolute Gasteiger partial charge is 0.314 e. The van der Waals surface area contributed by atoms with Gasteiger partial charge in [-0.2, -0.15) is 0 Å². The molecular weight excluding hydrogens is 241 g/mol. The second-order valence-corrected chi connectivity index (χ2v) is 5.73. The monoisotopic (exact) mass is 255 g/mol. The van der Waals surface area contributed by atoms with E-state index >= 15 is 0 Å². The van der Waals surface area contributed by atoms with Crippen LogP contribution in [0.4, 0.5) is 0 Å². The molecule has 0 radical (unpaired) electrons. The highest BCUT2D eigenvalue weighted by Gasteiger charge is 2.41. The summed E-state index contributed by atoms with van der Waals surface area (Å²) in [6.07, 6.45) is 3.93. The van der Waals surface area contributed by atoms with Crippen molar-refractivity contribution in [2.75, 3.05) is 6.54 Å². The molecule has 1 aromatic rings. The van der Waals surface area contributed by atoms with E-state index in [-0.39, 0.29) is 0 Å². The van der Waals surface area contributed by atoms with Crippen LogP contribution in [0.15, 0.2) is 18.2 Å². The Hall–Kier alpha value is -0.240. The molecule has 0 saturated heterocycles. The highest BCUT2D eigenvalue weighted by atomic mass is 35.5. The number of nitrogens with one attached hydrogen (secondary N) is 1. The average molecular weight is 256 g/mol. The average Bonchev–Trinajstić information content (AvgIpc) is 3.11. The van der Waals surface area contributed by atoms with Crippen molar-refractivity contribution in [3.63, 3.8) is 0 Å². The molecule has 0 spiro atoms. The van der Waals surface area contributed by atoms with Gasteiger partial charge in [0.25, 0.3) is 0 Å². The van der Waals surface area contributed by atoms with E-state index in [1.54, 1.807) is 0 Å². The maximum Gasteiger partial charge on any atom is 0.0455 e. The van der Waals surface area contributed by atoms with Crippen LogP contribution in [0.1, 0.15) is 30.7 Å². The van der Waals surface area contributed by atoms with Crippen molar-refractivity contribution in [1.29, 1.82) is 0 Å². The summed E-state index contributed by atoms with van der Waals surface area (Å²) in [6, 6.07) is 6.58. The van der Waals surface area contributed by atoms with Crippen molar-refractivity contribution in [2.24, 2.45) is 5.92 Å². The predicted molar refractivity (Wildman–Crippen MR) is 68.3 cm³/mol. The molecule has 2 atom stereocenters. The number of hydrogen-bond donors (Lipinski definition) is 1. The Labute approximate surface area is 106 Å². The zero-order valence-electron chi connectivity index (χ0n) is 9.05. The van der Waals surface area contributed by atoms with Gasteiger partial charge in [-0.25, -0.2) is 0 Å². The maximum absolute atomic E-state index is 6.20. The van der Waals surface area contributed by atoms with E-state index in [0.29, 0.717) is 5.92 Å². The maximum atomic E-state index is 6.20. The van der Waals surface area contributed by atoms with Gasteiger partial charge >= 0.3 is 0 Å². The molecule has 16 heavy (non-hydrogen) atoms. The van der Waals surface area contributed by atoms with Gasteiger partial charge in [-0.1, -0.05) is 29.3 Å². The number of hydrogen-bond acceptors (Lipinski definition) is 1. The SMILES string of the molecule is Clc1cccc(Cl)c1C1CC1CNC1CC1. The van der Waals surface area contributed by atoms with Gasteiger partial charge in [-0.3, -0.25) is 0 Å². The van der Waals surface area contributed by atoms with Gasteiger partial charge in [0.2, 0.25) is 0 Å². The standard InChI is InChI=1S/C13H15Cl2N/c14-11-2-1-3-12(15)13(11)10-6-8(10)7-16-9-4-5-9/h1-3,8-10,16H,4-7H2. The van der Waals surface area contributed by atoms with Crippen LogP contribution in [0.5, 0.6) is 0 Å². The quantitative estimate of drug-likeness (QED) is 0.862. The third-order valence-corrected chi connectivity index (χ3v) is 4.20. The van der Waals surface area contributed by atoms with Crippen molar-refractivity contribution in [1.82, 2.24) is 5.32 Å². The topological polar surface area (TPSA) is 12.0 Å². The molecule has 3 rings (SSSR count). The molecule has 2 saturated carbocycles. The molecule has 0 bridgehead atoms. The van der Waals surface area contributed by atoms with Gasteiger partial charge in [0, 0.05) is 16.1 Å². The third-order valence-electron chi connectivity index (χ3n) is 3.54. The first-order valence-corrected chi connectivity index (χ1v) is 6.68. The van der Waals surface area contributed by atoms with Crippen LogP contribution in [0, 0.1) is 5.92 Å². The molecule has 86 valence electrons. The van der Waals surface area contributed by atoms with Crippen LogP contribution in [-0.2, 0) is 0 Å². The van der Waals surface area contributed by atoms with E-state index in [9.17, 15) is 0 Å². The Morgan fingerprint density at radius 3 is 2.50 bits per heavy atom. The molecule has 0 aliphatic heterocycles. The molecule has 2 fully saturated rings. The smallest absolute Gasteiger partial charge is 0.0455 e. The molecule has 1 N–H and O–H groups in total. The normalized spacial score (nSPS) is 28.1. The summed E-state index contributed by atoms with van der Waals surface area (Å²) in [6.45, 7) is 1.12. The van der Waals surface area contributed by atoms with E-state index in [0.717, 1.165) is 34.1 Å². The second-order valence-electron chi connectivity index (χ2n) is 4.92. The molecule has 2 unspecified atom stereocenters. The lowest BCUT2D eigenvalue weighted by atomic mass is 10.1. The van der Waals surface area contributed by atoms with E-state index in [2.05, 4.69) is 5.32 Å². The van der Waals surface area contributed by atoms with Gasteiger partial charge in [0.05, 0.1) is 0 Å². The minimum Gasteiger partial charge on any atom is -0.314 e. The Kier molecular flexibility index (Phi) is 2.87. The third kappa shape index (κ3) is 2.22. The van der Waals surface area contributed by atoms with E-state index < -0.39 is 0 Å². The Morgan fingerprint density at radius 2 is 1.88 bits per heavy atom. The Bertz CT molecular complexity index is 381. The van der Waals surface area contributed by atoms with E-state index in [4.69, 9.17) is 23.2 Å². The summed E-state index contributed by atoms with van der Waals surface area (Å²) in [5.74, 6) is 1.31. The predicted octanol–water partition coefficient (Wildman–Crippen LogP) is 3.85. The number of halogens is 2. The second kappa shape index (κ2) is 4.21. The highest BCUT2D eigenvalue weighted by molar-refractivity contribution is 6.36. The molecule has 1 nitrogen and oxygen atoms in total. The first-order chi connectivity index (χ1) is 7.75. The van der Waals surface area contributed by atoms with Crippen molar-refractivity contribution < 1.29 is 0 Å². The molecule has 0 aromatic heterocycles. The lowest BCUT2D eigenvalue weighted by molar-refractivity contribution is 0.624. The van der Waals surface area contributed by atoms with Crippen molar-refractivity contribution >= 4 is 23.2 Å². The van der Waals surface area contributed by atoms with Crippen LogP contribution >= 0.6 is 23.2 Å². The van der Waals surface area contributed by atoms with Gasteiger partial charge in [-0.05, 0) is 55.3 Å². The zero-order chi connectivity index (χ0) is 11.1. The lowest BCUT2D eigenvalue weighted by Gasteiger charge is -2.06. The van der Waals surface area contributed by atoms with Crippen LogP contribution < -0.4 is 5.32 Å². The fraction of sp³-hybridized carbons (Fsp3) is 0.538. The summed E-state index contributed by atoms with van der Waals surface area (Å²) in [5.41, 5.74) is 1.16. The number of rotatable bonds is 4. The molecular formula is C13H15Cl2N. The van der Waals surface area contributed by atoms with Crippen molar-refractivity contribution in [2.45, 2.75) is 31.2 Å².